The van der Waals surface area contributed by atoms with Gasteiger partial charge in [-0.25, -0.2) is 13.4 Å². The molecule has 0 aromatic rings. The van der Waals surface area contributed by atoms with Crippen molar-refractivity contribution in [2.24, 2.45) is 0 Å². The predicted octanol–water partition coefficient (Wildman–Crippen LogP) is 1.84. The van der Waals surface area contributed by atoms with Gasteiger partial charge in [-0.3, -0.25) is 10.4 Å². The third-order valence-corrected chi connectivity index (χ3v) is 5.54. The summed E-state index contributed by atoms with van der Waals surface area (Å²) in [7, 11) is -2.96. The van der Waals surface area contributed by atoms with E-state index < -0.39 is 23.1 Å². The van der Waals surface area contributed by atoms with Crippen molar-refractivity contribution in [3.63, 3.8) is 0 Å². The van der Waals surface area contributed by atoms with Crippen molar-refractivity contribution in [2.45, 2.75) is 45.6 Å². The minimum Gasteiger partial charge on any atom is -0.360 e. The van der Waals surface area contributed by atoms with E-state index in [4.69, 9.17) is 10.1 Å². The van der Waals surface area contributed by atoms with Gasteiger partial charge in [0.1, 0.15) is 6.73 Å². The molecule has 8 heteroatoms. The highest BCUT2D eigenvalue weighted by molar-refractivity contribution is 8.05. The van der Waals surface area contributed by atoms with Crippen molar-refractivity contribution in [1.82, 2.24) is 10.0 Å². The molecule has 6 nitrogen and oxygen atoms in total. The molecule has 0 amide bonds. The topological polar surface area (TPSA) is 73.7 Å². The third-order valence-electron chi connectivity index (χ3n) is 2.92. The Morgan fingerprint density at radius 3 is 2.15 bits per heavy atom. The summed E-state index contributed by atoms with van der Waals surface area (Å²) in [5, 5.41) is 10.4. The zero-order valence-electron chi connectivity index (χ0n) is 13.7. The van der Waals surface area contributed by atoms with Crippen molar-refractivity contribution in [3.05, 3.63) is 0 Å². The van der Waals surface area contributed by atoms with Gasteiger partial charge >= 0.3 is 0 Å². The molecule has 0 saturated heterocycles. The van der Waals surface area contributed by atoms with Crippen molar-refractivity contribution < 1.29 is 13.2 Å². The summed E-state index contributed by atoms with van der Waals surface area (Å²) >= 11 is 0. The Morgan fingerprint density at radius 2 is 1.80 bits per heavy atom. The Labute approximate surface area is 124 Å². The third kappa shape index (κ3) is 7.37. The molecule has 20 heavy (non-hydrogen) atoms. The molecule has 0 radical (unpaired) electrons. The van der Waals surface area contributed by atoms with E-state index in [0.717, 1.165) is 12.3 Å². The van der Waals surface area contributed by atoms with Gasteiger partial charge in [-0.15, -0.1) is 0 Å². The lowest BCUT2D eigenvalue weighted by atomic mass is 10.4. The average molecular weight is 324 g/mol. The average Bonchev–Trinajstić information content (AvgIpc) is 2.24. The van der Waals surface area contributed by atoms with E-state index in [1.807, 2.05) is 13.8 Å². The molecule has 0 aliphatic rings. The van der Waals surface area contributed by atoms with Gasteiger partial charge < -0.3 is 4.74 Å². The Balaban J connectivity index is 4.69. The van der Waals surface area contributed by atoms with Gasteiger partial charge in [-0.2, -0.15) is 0 Å². The van der Waals surface area contributed by atoms with Crippen LogP contribution in [0.25, 0.3) is 0 Å². The molecule has 0 aliphatic carbocycles. The molecular formula is C12H29N3O3SSi. The molecule has 0 bridgehead atoms. The maximum Gasteiger partial charge on any atom is 0.232 e. The summed E-state index contributed by atoms with van der Waals surface area (Å²) < 4.78 is 28.7. The first kappa shape index (κ1) is 19.6. The van der Waals surface area contributed by atoms with Crippen LogP contribution in [-0.2, 0) is 14.6 Å². The number of nitrogens with zero attached hydrogens (tertiary/aromatic N) is 2. The summed E-state index contributed by atoms with van der Waals surface area (Å²) in [6.07, 6.45) is 1.04. The maximum absolute atomic E-state index is 11.6. The van der Waals surface area contributed by atoms with Crippen LogP contribution in [0, 0.1) is 5.41 Å². The quantitative estimate of drug-likeness (QED) is 0.193. The Kier molecular flexibility index (Phi) is 7.37. The zero-order chi connectivity index (χ0) is 16.1. The SMILES string of the molecule is CC(C)N(C)N(COCC[Si](C)(C)C)C(=N)S(C)(=O)=O. The fourth-order valence-electron chi connectivity index (χ4n) is 1.29. The second-order valence-electron chi connectivity index (χ2n) is 6.49. The summed E-state index contributed by atoms with van der Waals surface area (Å²) in [6, 6.07) is 1.09. The second kappa shape index (κ2) is 7.53. The lowest BCUT2D eigenvalue weighted by molar-refractivity contribution is -0.0501. The molecule has 1 N–H and O–H groups in total. The van der Waals surface area contributed by atoms with Crippen LogP contribution in [-0.4, -0.2) is 64.4 Å². The van der Waals surface area contributed by atoms with Crippen molar-refractivity contribution in [1.29, 1.82) is 5.41 Å². The van der Waals surface area contributed by atoms with Crippen molar-refractivity contribution >= 4 is 23.1 Å². The van der Waals surface area contributed by atoms with E-state index in [-0.39, 0.29) is 12.8 Å². The molecule has 0 fully saturated rings. The number of hydrogen-bond donors (Lipinski definition) is 1. The van der Waals surface area contributed by atoms with Crippen LogP contribution in [0.5, 0.6) is 0 Å². The highest BCUT2D eigenvalue weighted by Gasteiger charge is 2.25. The normalized spacial score (nSPS) is 13.1. The number of ether oxygens (including phenoxy) is 1. The fourth-order valence-corrected chi connectivity index (χ4v) is 2.61. The van der Waals surface area contributed by atoms with Crippen LogP contribution in [0.2, 0.25) is 25.7 Å². The smallest absolute Gasteiger partial charge is 0.232 e. The number of hydrazine groups is 1. The minimum absolute atomic E-state index is 0.0812. The number of nitrogens with one attached hydrogen (secondary N) is 1. The van der Waals surface area contributed by atoms with Crippen LogP contribution >= 0.6 is 0 Å². The molecule has 120 valence electrons. The van der Waals surface area contributed by atoms with Gasteiger partial charge in [0.15, 0.2) is 0 Å². The van der Waals surface area contributed by atoms with Gasteiger partial charge in [0, 0.05) is 34.0 Å². The van der Waals surface area contributed by atoms with Crippen LogP contribution < -0.4 is 0 Å². The van der Waals surface area contributed by atoms with Crippen molar-refractivity contribution in [2.75, 3.05) is 26.6 Å². The molecule has 0 spiro atoms. The van der Waals surface area contributed by atoms with Crippen LogP contribution in [0.3, 0.4) is 0 Å². The maximum atomic E-state index is 11.6. The number of sulfone groups is 1. The van der Waals surface area contributed by atoms with Crippen molar-refractivity contribution in [3.8, 4) is 0 Å². The molecule has 0 atom stereocenters. The first-order valence-corrected chi connectivity index (χ1v) is 12.3. The molecule has 0 aromatic carbocycles. The van der Waals surface area contributed by atoms with Crippen LogP contribution in [0.1, 0.15) is 13.8 Å². The van der Waals surface area contributed by atoms with Gasteiger partial charge in [0.2, 0.25) is 15.0 Å². The highest BCUT2D eigenvalue weighted by Crippen LogP contribution is 2.10. The largest absolute Gasteiger partial charge is 0.360 e. The molecule has 0 saturated carbocycles. The van der Waals surface area contributed by atoms with E-state index >= 15 is 0 Å². The number of rotatable bonds is 7. The lowest BCUT2D eigenvalue weighted by Gasteiger charge is -2.35. The van der Waals surface area contributed by atoms with Gasteiger partial charge in [-0.05, 0) is 19.9 Å². The summed E-state index contributed by atoms with van der Waals surface area (Å²) in [5.41, 5.74) is 0. The first-order chi connectivity index (χ1) is 8.86. The second-order valence-corrected chi connectivity index (χ2v) is 14.0. The molecule has 0 unspecified atom stereocenters. The number of amidine groups is 1. The summed E-state index contributed by atoms with van der Waals surface area (Å²) in [5.74, 6) is 0. The molecule has 0 rings (SSSR count). The van der Waals surface area contributed by atoms with E-state index in [0.29, 0.717) is 6.61 Å². The summed E-state index contributed by atoms with van der Waals surface area (Å²) in [6.45, 7) is 11.3. The van der Waals surface area contributed by atoms with Gasteiger partial charge in [0.05, 0.1) is 0 Å². The van der Waals surface area contributed by atoms with Gasteiger partial charge in [0.25, 0.3) is 0 Å². The molecule has 0 heterocycles. The molecule has 0 aromatic heterocycles. The standard InChI is InChI=1S/C12H29N3O3SSi/c1-11(2)14(3)15(12(13)19(4,16)17)10-18-8-9-20(5,6)7/h11,13H,8-10H2,1-7H3. The monoisotopic (exact) mass is 323 g/mol. The van der Waals surface area contributed by atoms with E-state index in [1.165, 1.54) is 5.01 Å². The Morgan fingerprint density at radius 1 is 1.30 bits per heavy atom. The molecule has 0 aliphatic heterocycles. The van der Waals surface area contributed by atoms with E-state index in [2.05, 4.69) is 19.6 Å². The van der Waals surface area contributed by atoms with Crippen LogP contribution in [0.15, 0.2) is 0 Å². The number of hydrogen-bond acceptors (Lipinski definition) is 5. The van der Waals surface area contributed by atoms with Gasteiger partial charge in [-0.1, -0.05) is 19.6 Å². The van der Waals surface area contributed by atoms with E-state index in [9.17, 15) is 8.42 Å². The zero-order valence-corrected chi connectivity index (χ0v) is 15.5. The van der Waals surface area contributed by atoms with E-state index in [1.54, 1.807) is 12.1 Å². The first-order valence-electron chi connectivity index (χ1n) is 6.73. The van der Waals surface area contributed by atoms with Crippen LogP contribution in [0.4, 0.5) is 0 Å². The fraction of sp³-hybridized carbons (Fsp3) is 0.917. The Bertz CT molecular complexity index is 418. The highest BCUT2D eigenvalue weighted by atomic mass is 32.2. The Hall–Kier alpha value is -0.443. The lowest BCUT2D eigenvalue weighted by Crippen LogP contribution is -2.50. The summed E-state index contributed by atoms with van der Waals surface area (Å²) in [4.78, 5) is 0. The molecular weight excluding hydrogens is 294 g/mol. The predicted molar refractivity (Wildman–Crippen MR) is 86.3 cm³/mol. The minimum atomic E-state index is -3.55.